The molecule has 0 radical (unpaired) electrons. The highest BCUT2D eigenvalue weighted by Gasteiger charge is 2.20. The fourth-order valence-corrected chi connectivity index (χ4v) is 3.19. The minimum atomic E-state index is -0.232. The molecular formula is C20H22FN7. The summed E-state index contributed by atoms with van der Waals surface area (Å²) in [6, 6.07) is 10.2. The van der Waals surface area contributed by atoms with Gasteiger partial charge >= 0.3 is 0 Å². The average molecular weight is 379 g/mol. The molecule has 1 aliphatic rings. The van der Waals surface area contributed by atoms with Crippen LogP contribution in [0.1, 0.15) is 11.4 Å². The average Bonchev–Trinajstić information content (AvgIpc) is 2.74. The fraction of sp³-hybridized carbons (Fsp3) is 0.300. The summed E-state index contributed by atoms with van der Waals surface area (Å²) in [6.07, 6.45) is 3.53. The molecule has 3 heterocycles. The van der Waals surface area contributed by atoms with Crippen molar-refractivity contribution >= 4 is 17.6 Å². The minimum Gasteiger partial charge on any atom is -0.366 e. The van der Waals surface area contributed by atoms with Crippen molar-refractivity contribution in [2.24, 2.45) is 0 Å². The summed E-state index contributed by atoms with van der Waals surface area (Å²) < 4.78 is 13.0. The van der Waals surface area contributed by atoms with Gasteiger partial charge in [-0.3, -0.25) is 0 Å². The van der Waals surface area contributed by atoms with Crippen molar-refractivity contribution in [1.82, 2.24) is 19.9 Å². The molecule has 8 heteroatoms. The van der Waals surface area contributed by atoms with E-state index in [1.165, 1.54) is 12.1 Å². The van der Waals surface area contributed by atoms with Gasteiger partial charge < -0.3 is 15.1 Å². The Morgan fingerprint density at radius 3 is 2.36 bits per heavy atom. The maximum atomic E-state index is 13.0. The van der Waals surface area contributed by atoms with Gasteiger partial charge in [0.2, 0.25) is 5.95 Å². The highest BCUT2D eigenvalue weighted by molar-refractivity contribution is 5.51. The summed E-state index contributed by atoms with van der Waals surface area (Å²) in [5.41, 5.74) is 0.996. The van der Waals surface area contributed by atoms with Crippen LogP contribution in [0.3, 0.4) is 0 Å². The molecule has 1 fully saturated rings. The van der Waals surface area contributed by atoms with E-state index in [0.29, 0.717) is 12.4 Å². The summed E-state index contributed by atoms with van der Waals surface area (Å²) >= 11 is 0. The maximum absolute atomic E-state index is 13.0. The van der Waals surface area contributed by atoms with E-state index >= 15 is 0 Å². The molecule has 1 saturated heterocycles. The van der Waals surface area contributed by atoms with E-state index in [4.69, 9.17) is 0 Å². The van der Waals surface area contributed by atoms with Crippen LogP contribution < -0.4 is 15.1 Å². The second kappa shape index (κ2) is 8.16. The molecule has 4 rings (SSSR count). The number of piperazine rings is 1. The van der Waals surface area contributed by atoms with Crippen molar-refractivity contribution in [3.8, 4) is 0 Å². The molecule has 0 atom stereocenters. The Balaban J connectivity index is 1.40. The van der Waals surface area contributed by atoms with Crippen LogP contribution >= 0.6 is 0 Å². The zero-order chi connectivity index (χ0) is 19.3. The smallest absolute Gasteiger partial charge is 0.225 e. The molecule has 0 aliphatic carbocycles. The molecule has 1 aromatic carbocycles. The normalized spacial score (nSPS) is 14.2. The first-order chi connectivity index (χ1) is 13.7. The third-order valence-corrected chi connectivity index (χ3v) is 4.65. The molecule has 0 saturated carbocycles. The molecule has 7 nitrogen and oxygen atoms in total. The molecule has 2 aromatic heterocycles. The Kier molecular flexibility index (Phi) is 5.27. The number of hydrogen-bond acceptors (Lipinski definition) is 7. The third kappa shape index (κ3) is 4.33. The van der Waals surface area contributed by atoms with E-state index in [0.717, 1.165) is 49.3 Å². The van der Waals surface area contributed by atoms with E-state index in [2.05, 4.69) is 35.1 Å². The SMILES string of the molecule is Cc1nc(NCc2ccc(F)cc2)cc(N2CCN(c3ncccn3)CC2)n1. The molecule has 144 valence electrons. The maximum Gasteiger partial charge on any atom is 0.225 e. The van der Waals surface area contributed by atoms with Crippen LogP contribution in [0.25, 0.3) is 0 Å². The Hall–Kier alpha value is -3.29. The van der Waals surface area contributed by atoms with Crippen molar-refractivity contribution in [3.05, 3.63) is 66.0 Å². The summed E-state index contributed by atoms with van der Waals surface area (Å²) in [4.78, 5) is 22.1. The van der Waals surface area contributed by atoms with Crippen molar-refractivity contribution in [2.75, 3.05) is 41.3 Å². The van der Waals surface area contributed by atoms with E-state index in [1.807, 2.05) is 19.1 Å². The number of aromatic nitrogens is 4. The van der Waals surface area contributed by atoms with E-state index < -0.39 is 0 Å². The zero-order valence-electron chi connectivity index (χ0n) is 15.7. The fourth-order valence-electron chi connectivity index (χ4n) is 3.19. The molecule has 3 aromatic rings. The summed E-state index contributed by atoms with van der Waals surface area (Å²) in [6.45, 7) is 5.82. The van der Waals surface area contributed by atoms with Gasteiger partial charge in [0, 0.05) is 51.2 Å². The van der Waals surface area contributed by atoms with Crippen molar-refractivity contribution < 1.29 is 4.39 Å². The Morgan fingerprint density at radius 1 is 0.964 bits per heavy atom. The number of anilines is 3. The van der Waals surface area contributed by atoms with Gasteiger partial charge in [0.1, 0.15) is 23.3 Å². The van der Waals surface area contributed by atoms with Crippen LogP contribution in [0, 0.1) is 12.7 Å². The number of hydrogen-bond donors (Lipinski definition) is 1. The first kappa shape index (κ1) is 18.1. The van der Waals surface area contributed by atoms with Crippen LogP contribution in [0.15, 0.2) is 48.8 Å². The molecule has 28 heavy (non-hydrogen) atoms. The predicted octanol–water partition coefficient (Wildman–Crippen LogP) is 2.65. The van der Waals surface area contributed by atoms with Gasteiger partial charge in [0.15, 0.2) is 0 Å². The van der Waals surface area contributed by atoms with Crippen molar-refractivity contribution in [2.45, 2.75) is 13.5 Å². The molecule has 1 aliphatic heterocycles. The summed E-state index contributed by atoms with van der Waals surface area (Å²) in [7, 11) is 0. The van der Waals surface area contributed by atoms with E-state index in [-0.39, 0.29) is 5.82 Å². The van der Waals surface area contributed by atoms with Crippen molar-refractivity contribution in [3.63, 3.8) is 0 Å². The molecule has 1 N–H and O–H groups in total. The highest BCUT2D eigenvalue weighted by atomic mass is 19.1. The number of nitrogens with zero attached hydrogens (tertiary/aromatic N) is 6. The highest BCUT2D eigenvalue weighted by Crippen LogP contribution is 2.19. The quantitative estimate of drug-likeness (QED) is 0.731. The standard InChI is InChI=1S/C20H22FN7/c1-15-25-18(24-14-16-3-5-17(21)6-4-16)13-19(26-15)27-9-11-28(12-10-27)20-22-7-2-8-23-20/h2-8,13H,9-12,14H2,1H3,(H,24,25,26). The van der Waals surface area contributed by atoms with Crippen LogP contribution in [0.5, 0.6) is 0 Å². The third-order valence-electron chi connectivity index (χ3n) is 4.65. The van der Waals surface area contributed by atoms with Crippen molar-refractivity contribution in [1.29, 1.82) is 0 Å². The Morgan fingerprint density at radius 2 is 1.64 bits per heavy atom. The van der Waals surface area contributed by atoms with Crippen LogP contribution in [0.2, 0.25) is 0 Å². The van der Waals surface area contributed by atoms with Crippen LogP contribution in [0.4, 0.5) is 22.0 Å². The molecule has 0 spiro atoms. The first-order valence-electron chi connectivity index (χ1n) is 9.28. The Labute approximate surface area is 163 Å². The minimum absolute atomic E-state index is 0.232. The first-order valence-corrected chi connectivity index (χ1v) is 9.28. The number of rotatable bonds is 5. The molecule has 0 amide bonds. The van der Waals surface area contributed by atoms with E-state index in [1.54, 1.807) is 24.5 Å². The number of aryl methyl sites for hydroxylation is 1. The van der Waals surface area contributed by atoms with Crippen LogP contribution in [-0.4, -0.2) is 46.1 Å². The summed E-state index contributed by atoms with van der Waals surface area (Å²) in [5, 5.41) is 3.30. The summed E-state index contributed by atoms with van der Waals surface area (Å²) in [5.74, 6) is 2.92. The van der Waals surface area contributed by atoms with Gasteiger partial charge in [-0.05, 0) is 30.7 Å². The number of halogens is 1. The van der Waals surface area contributed by atoms with Gasteiger partial charge in [0.25, 0.3) is 0 Å². The monoisotopic (exact) mass is 379 g/mol. The molecule has 0 unspecified atom stereocenters. The molecule has 0 bridgehead atoms. The number of benzene rings is 1. The van der Waals surface area contributed by atoms with Gasteiger partial charge in [-0.25, -0.2) is 24.3 Å². The lowest BCUT2D eigenvalue weighted by molar-refractivity contribution is 0.627. The van der Waals surface area contributed by atoms with Gasteiger partial charge in [-0.15, -0.1) is 0 Å². The topological polar surface area (TPSA) is 70.1 Å². The van der Waals surface area contributed by atoms with Gasteiger partial charge in [-0.2, -0.15) is 0 Å². The van der Waals surface area contributed by atoms with E-state index in [9.17, 15) is 4.39 Å². The van der Waals surface area contributed by atoms with Crippen LogP contribution in [-0.2, 0) is 6.54 Å². The second-order valence-corrected chi connectivity index (χ2v) is 6.66. The lowest BCUT2D eigenvalue weighted by Crippen LogP contribution is -2.47. The zero-order valence-corrected chi connectivity index (χ0v) is 15.7. The number of nitrogens with one attached hydrogen (secondary N) is 1. The lowest BCUT2D eigenvalue weighted by Gasteiger charge is -2.35. The second-order valence-electron chi connectivity index (χ2n) is 6.66. The van der Waals surface area contributed by atoms with Gasteiger partial charge in [-0.1, -0.05) is 12.1 Å². The lowest BCUT2D eigenvalue weighted by atomic mass is 10.2. The Bertz CT molecular complexity index is 910. The predicted molar refractivity (Wildman–Crippen MR) is 107 cm³/mol. The largest absolute Gasteiger partial charge is 0.366 e. The molecular weight excluding hydrogens is 357 g/mol. The van der Waals surface area contributed by atoms with Gasteiger partial charge in [0.05, 0.1) is 0 Å².